The number of aryl methyl sites for hydroxylation is 2. The summed E-state index contributed by atoms with van der Waals surface area (Å²) in [5.41, 5.74) is 1.52. The summed E-state index contributed by atoms with van der Waals surface area (Å²) in [4.78, 5) is 42.5. The Hall–Kier alpha value is -2.72. The number of rotatable bonds is 5. The first kappa shape index (κ1) is 20.5. The molecule has 0 fully saturated rings. The average Bonchev–Trinajstić information content (AvgIpc) is 3.10. The molecule has 10 heteroatoms. The zero-order chi connectivity index (χ0) is 21.4. The number of thiophene rings is 1. The smallest absolute Gasteiger partial charge is 0.269 e. The molecule has 0 aliphatic heterocycles. The van der Waals surface area contributed by atoms with E-state index < -0.39 is 10.2 Å². The predicted molar refractivity (Wildman–Crippen MR) is 119 cm³/mol. The maximum Gasteiger partial charge on any atom is 0.269 e. The quantitative estimate of drug-likeness (QED) is 0.277. The highest BCUT2D eigenvalue weighted by molar-refractivity contribution is 8.00. The summed E-state index contributed by atoms with van der Waals surface area (Å²) in [6, 6.07) is 5.66. The van der Waals surface area contributed by atoms with Crippen LogP contribution in [0.4, 0.5) is 11.4 Å². The lowest BCUT2D eigenvalue weighted by atomic mass is 9.97. The van der Waals surface area contributed by atoms with Gasteiger partial charge in [0.1, 0.15) is 4.83 Å². The maximum absolute atomic E-state index is 13.0. The number of aromatic nitrogens is 2. The number of thioether (sulfide) groups is 1. The summed E-state index contributed by atoms with van der Waals surface area (Å²) in [7, 11) is 1.69. The summed E-state index contributed by atoms with van der Waals surface area (Å²) in [6.07, 6.45) is 4.16. The van der Waals surface area contributed by atoms with E-state index in [2.05, 4.69) is 5.32 Å². The van der Waals surface area contributed by atoms with Gasteiger partial charge in [0.15, 0.2) is 5.16 Å². The minimum absolute atomic E-state index is 0.0402. The van der Waals surface area contributed by atoms with Crippen LogP contribution in [0.25, 0.3) is 10.2 Å². The second kappa shape index (κ2) is 8.19. The molecule has 0 radical (unpaired) electrons. The van der Waals surface area contributed by atoms with Crippen LogP contribution in [0.5, 0.6) is 0 Å². The SMILES string of the molecule is CC(Sc1nc2sc3c(c2c(=O)n1C)CCCC3)C(=O)Nc1ccc([N+](=O)[O-])cc1. The van der Waals surface area contributed by atoms with Crippen molar-refractivity contribution in [3.05, 3.63) is 55.2 Å². The molecule has 1 aromatic carbocycles. The molecule has 1 unspecified atom stereocenters. The van der Waals surface area contributed by atoms with Crippen molar-refractivity contribution in [2.45, 2.75) is 43.0 Å². The number of nitrogens with zero attached hydrogens (tertiary/aromatic N) is 3. The molecule has 2 heterocycles. The molecular weight excluding hydrogens is 424 g/mol. The lowest BCUT2D eigenvalue weighted by Crippen LogP contribution is -2.25. The maximum atomic E-state index is 13.0. The van der Waals surface area contributed by atoms with Crippen LogP contribution in [0.2, 0.25) is 0 Å². The van der Waals surface area contributed by atoms with Gasteiger partial charge in [0.2, 0.25) is 5.91 Å². The molecule has 0 bridgehead atoms. The molecular formula is C20H20N4O4S2. The number of nitro benzene ring substituents is 1. The van der Waals surface area contributed by atoms with Crippen LogP contribution in [0.15, 0.2) is 34.2 Å². The van der Waals surface area contributed by atoms with E-state index in [0.29, 0.717) is 10.8 Å². The number of anilines is 1. The van der Waals surface area contributed by atoms with Gasteiger partial charge in [-0.3, -0.25) is 24.3 Å². The third-order valence-corrected chi connectivity index (χ3v) is 7.48. The Kier molecular flexibility index (Phi) is 5.61. The fourth-order valence-corrected chi connectivity index (χ4v) is 5.67. The molecule has 1 aliphatic rings. The molecule has 1 aliphatic carbocycles. The van der Waals surface area contributed by atoms with E-state index in [-0.39, 0.29) is 17.2 Å². The molecule has 0 saturated carbocycles. The molecule has 1 atom stereocenters. The predicted octanol–water partition coefficient (Wildman–Crippen LogP) is 3.90. The van der Waals surface area contributed by atoms with E-state index in [9.17, 15) is 19.7 Å². The minimum Gasteiger partial charge on any atom is -0.325 e. The number of amides is 1. The Morgan fingerprint density at radius 1 is 1.30 bits per heavy atom. The van der Waals surface area contributed by atoms with E-state index in [1.165, 1.54) is 45.5 Å². The molecule has 156 valence electrons. The van der Waals surface area contributed by atoms with Gasteiger partial charge in [-0.2, -0.15) is 0 Å². The van der Waals surface area contributed by atoms with Crippen LogP contribution in [-0.2, 0) is 24.7 Å². The molecule has 0 saturated heterocycles. The molecule has 1 amide bonds. The Morgan fingerprint density at radius 3 is 2.70 bits per heavy atom. The van der Waals surface area contributed by atoms with Gasteiger partial charge in [-0.05, 0) is 50.3 Å². The van der Waals surface area contributed by atoms with E-state index in [1.807, 2.05) is 0 Å². The van der Waals surface area contributed by atoms with E-state index in [0.717, 1.165) is 41.5 Å². The molecule has 2 aromatic heterocycles. The van der Waals surface area contributed by atoms with Crippen LogP contribution in [-0.4, -0.2) is 25.6 Å². The Bertz CT molecular complexity index is 1200. The third kappa shape index (κ3) is 3.84. The number of nitrogens with one attached hydrogen (secondary N) is 1. The van der Waals surface area contributed by atoms with Crippen molar-refractivity contribution in [3.63, 3.8) is 0 Å². The monoisotopic (exact) mass is 444 g/mol. The van der Waals surface area contributed by atoms with Crippen LogP contribution in [0.3, 0.4) is 0 Å². The molecule has 1 N–H and O–H groups in total. The molecule has 3 aromatic rings. The van der Waals surface area contributed by atoms with Crippen molar-refractivity contribution in [2.24, 2.45) is 7.05 Å². The Balaban J connectivity index is 1.54. The highest BCUT2D eigenvalue weighted by Gasteiger charge is 2.23. The van der Waals surface area contributed by atoms with Gasteiger partial charge in [-0.1, -0.05) is 11.8 Å². The second-order valence-corrected chi connectivity index (χ2v) is 9.59. The standard InChI is InChI=1S/C20H20N4O4S2/c1-11(17(25)21-12-7-9-13(10-8-12)24(27)28)29-20-22-18-16(19(26)23(20)2)14-5-3-4-6-15(14)30-18/h7-11H,3-6H2,1-2H3,(H,21,25). The van der Waals surface area contributed by atoms with Gasteiger partial charge < -0.3 is 5.32 Å². The van der Waals surface area contributed by atoms with Gasteiger partial charge in [-0.15, -0.1) is 11.3 Å². The number of carbonyl (C=O) groups is 1. The van der Waals surface area contributed by atoms with Crippen molar-refractivity contribution >= 4 is 50.6 Å². The Labute approximate surface area is 180 Å². The fraction of sp³-hybridized carbons (Fsp3) is 0.350. The summed E-state index contributed by atoms with van der Waals surface area (Å²) in [5.74, 6) is -0.270. The summed E-state index contributed by atoms with van der Waals surface area (Å²) in [6.45, 7) is 1.74. The first-order valence-corrected chi connectivity index (χ1v) is 11.3. The van der Waals surface area contributed by atoms with E-state index in [4.69, 9.17) is 4.98 Å². The van der Waals surface area contributed by atoms with Crippen molar-refractivity contribution in [1.29, 1.82) is 0 Å². The van der Waals surface area contributed by atoms with Crippen molar-refractivity contribution < 1.29 is 9.72 Å². The van der Waals surface area contributed by atoms with Crippen molar-refractivity contribution in [1.82, 2.24) is 9.55 Å². The van der Waals surface area contributed by atoms with Crippen molar-refractivity contribution in [3.8, 4) is 0 Å². The molecule has 4 rings (SSSR count). The van der Waals surface area contributed by atoms with Gasteiger partial charge in [0, 0.05) is 29.7 Å². The van der Waals surface area contributed by atoms with Crippen LogP contribution >= 0.6 is 23.1 Å². The second-order valence-electron chi connectivity index (χ2n) is 7.20. The lowest BCUT2D eigenvalue weighted by molar-refractivity contribution is -0.384. The number of benzene rings is 1. The highest BCUT2D eigenvalue weighted by Crippen LogP contribution is 2.35. The zero-order valence-electron chi connectivity index (χ0n) is 16.5. The lowest BCUT2D eigenvalue weighted by Gasteiger charge is -2.14. The minimum atomic E-state index is -0.509. The van der Waals surface area contributed by atoms with Crippen molar-refractivity contribution in [2.75, 3.05) is 5.32 Å². The van der Waals surface area contributed by atoms with Gasteiger partial charge in [0.05, 0.1) is 15.6 Å². The first-order chi connectivity index (χ1) is 14.3. The van der Waals surface area contributed by atoms with Gasteiger partial charge in [-0.25, -0.2) is 4.98 Å². The van der Waals surface area contributed by atoms with E-state index in [1.54, 1.807) is 25.3 Å². The summed E-state index contributed by atoms with van der Waals surface area (Å²) >= 11 is 2.80. The number of nitro groups is 1. The third-order valence-electron chi connectivity index (χ3n) is 5.15. The van der Waals surface area contributed by atoms with Gasteiger partial charge in [0.25, 0.3) is 11.2 Å². The van der Waals surface area contributed by atoms with Gasteiger partial charge >= 0.3 is 0 Å². The number of fused-ring (bicyclic) bond motifs is 3. The molecule has 8 nitrogen and oxygen atoms in total. The summed E-state index contributed by atoms with van der Waals surface area (Å²) < 4.78 is 1.52. The fourth-order valence-electron chi connectivity index (χ4n) is 3.49. The first-order valence-electron chi connectivity index (χ1n) is 9.58. The number of carbonyl (C=O) groups excluding carboxylic acids is 1. The number of hydrogen-bond acceptors (Lipinski definition) is 7. The zero-order valence-corrected chi connectivity index (χ0v) is 18.1. The number of hydrogen-bond donors (Lipinski definition) is 1. The van der Waals surface area contributed by atoms with Crippen LogP contribution in [0.1, 0.15) is 30.2 Å². The number of non-ortho nitro benzene ring substituents is 1. The normalized spacial score (nSPS) is 14.3. The molecule has 30 heavy (non-hydrogen) atoms. The average molecular weight is 445 g/mol. The summed E-state index contributed by atoms with van der Waals surface area (Å²) in [5, 5.41) is 14.2. The van der Waals surface area contributed by atoms with Crippen LogP contribution in [0, 0.1) is 10.1 Å². The molecule has 0 spiro atoms. The largest absolute Gasteiger partial charge is 0.325 e. The topological polar surface area (TPSA) is 107 Å². The van der Waals surface area contributed by atoms with Crippen LogP contribution < -0.4 is 10.9 Å². The highest BCUT2D eigenvalue weighted by atomic mass is 32.2. The van der Waals surface area contributed by atoms with E-state index >= 15 is 0 Å². The Morgan fingerprint density at radius 2 is 2.00 bits per heavy atom.